The fourth-order valence-corrected chi connectivity index (χ4v) is 2.49. The average molecular weight is 250 g/mol. The Labute approximate surface area is 106 Å². The van der Waals surface area contributed by atoms with Crippen molar-refractivity contribution in [3.8, 4) is 0 Å². The molecule has 1 aromatic heterocycles. The van der Waals surface area contributed by atoms with Crippen LogP contribution in [-0.2, 0) is 4.74 Å². The summed E-state index contributed by atoms with van der Waals surface area (Å²) in [4.78, 5) is 16.8. The molecule has 2 atom stereocenters. The van der Waals surface area contributed by atoms with Gasteiger partial charge in [-0.15, -0.1) is 0 Å². The maximum atomic E-state index is 5.80. The van der Waals surface area contributed by atoms with Crippen LogP contribution in [0, 0.1) is 0 Å². The molecule has 0 aromatic carbocycles. The minimum Gasteiger partial charge on any atom is -0.371 e. The van der Waals surface area contributed by atoms with Crippen LogP contribution in [0.4, 0.5) is 17.8 Å². The standard InChI is InChI=1S/C11H18N6O/c1-16(2)10-13-9(12)14-11(15-10)17-5-7-3-4-8(6-17)18-7/h7-8H,3-6H2,1-2H3,(H2,12,13,14,15). The summed E-state index contributed by atoms with van der Waals surface area (Å²) in [6.45, 7) is 1.68. The van der Waals surface area contributed by atoms with Gasteiger partial charge in [0.1, 0.15) is 0 Å². The SMILES string of the molecule is CN(C)c1nc(N)nc(N2CC3CCC(C2)O3)n1. The maximum Gasteiger partial charge on any atom is 0.232 e. The topological polar surface area (TPSA) is 80.4 Å². The summed E-state index contributed by atoms with van der Waals surface area (Å²) in [7, 11) is 3.78. The van der Waals surface area contributed by atoms with E-state index < -0.39 is 0 Å². The average Bonchev–Trinajstić information content (AvgIpc) is 2.67. The van der Waals surface area contributed by atoms with Crippen LogP contribution < -0.4 is 15.5 Å². The summed E-state index contributed by atoms with van der Waals surface area (Å²) < 4.78 is 5.80. The number of nitrogens with two attached hydrogens (primary N) is 1. The molecule has 2 bridgehead atoms. The number of rotatable bonds is 2. The fourth-order valence-electron chi connectivity index (χ4n) is 2.49. The Bertz CT molecular complexity index is 439. The predicted molar refractivity (Wildman–Crippen MR) is 68.7 cm³/mol. The number of nitrogens with zero attached hydrogens (tertiary/aromatic N) is 5. The molecule has 2 unspecified atom stereocenters. The Morgan fingerprint density at radius 1 is 1.17 bits per heavy atom. The number of nitrogen functional groups attached to an aromatic ring is 1. The Kier molecular flexibility index (Phi) is 2.70. The first kappa shape index (κ1) is 11.5. The van der Waals surface area contributed by atoms with Gasteiger partial charge in [0, 0.05) is 27.2 Å². The van der Waals surface area contributed by atoms with Gasteiger partial charge in [0.2, 0.25) is 17.8 Å². The molecule has 98 valence electrons. The normalized spacial score (nSPS) is 26.4. The van der Waals surface area contributed by atoms with Crippen molar-refractivity contribution in [3.63, 3.8) is 0 Å². The van der Waals surface area contributed by atoms with Crippen molar-refractivity contribution in [2.24, 2.45) is 0 Å². The van der Waals surface area contributed by atoms with Gasteiger partial charge in [0.25, 0.3) is 0 Å². The van der Waals surface area contributed by atoms with Crippen LogP contribution in [0.1, 0.15) is 12.8 Å². The van der Waals surface area contributed by atoms with Crippen LogP contribution in [0.2, 0.25) is 0 Å². The highest BCUT2D eigenvalue weighted by molar-refractivity contribution is 5.43. The number of ether oxygens (including phenoxy) is 1. The van der Waals surface area contributed by atoms with E-state index in [9.17, 15) is 0 Å². The monoisotopic (exact) mass is 250 g/mol. The fraction of sp³-hybridized carbons (Fsp3) is 0.727. The highest BCUT2D eigenvalue weighted by Crippen LogP contribution is 2.28. The highest BCUT2D eigenvalue weighted by atomic mass is 16.5. The van der Waals surface area contributed by atoms with Gasteiger partial charge >= 0.3 is 0 Å². The second kappa shape index (κ2) is 4.24. The quantitative estimate of drug-likeness (QED) is 0.784. The Morgan fingerprint density at radius 2 is 1.83 bits per heavy atom. The van der Waals surface area contributed by atoms with Gasteiger partial charge in [-0.25, -0.2) is 0 Å². The van der Waals surface area contributed by atoms with Crippen molar-refractivity contribution in [3.05, 3.63) is 0 Å². The number of fused-ring (bicyclic) bond motifs is 2. The van der Waals surface area contributed by atoms with Crippen LogP contribution in [0.25, 0.3) is 0 Å². The van der Waals surface area contributed by atoms with Crippen molar-refractivity contribution < 1.29 is 4.74 Å². The summed E-state index contributed by atoms with van der Waals surface area (Å²) in [6.07, 6.45) is 2.87. The van der Waals surface area contributed by atoms with Gasteiger partial charge in [-0.2, -0.15) is 15.0 Å². The molecule has 0 aliphatic carbocycles. The van der Waals surface area contributed by atoms with Crippen molar-refractivity contribution >= 4 is 17.8 Å². The summed E-state index contributed by atoms with van der Waals surface area (Å²) in [5.41, 5.74) is 5.74. The molecule has 3 rings (SSSR count). The van der Waals surface area contributed by atoms with Crippen LogP contribution in [-0.4, -0.2) is 54.3 Å². The van der Waals surface area contributed by atoms with Gasteiger partial charge in [0.15, 0.2) is 0 Å². The number of morpholine rings is 1. The van der Waals surface area contributed by atoms with E-state index in [0.29, 0.717) is 24.1 Å². The smallest absolute Gasteiger partial charge is 0.232 e. The van der Waals surface area contributed by atoms with E-state index in [1.807, 2.05) is 19.0 Å². The first-order valence-corrected chi connectivity index (χ1v) is 6.21. The van der Waals surface area contributed by atoms with Crippen LogP contribution in [0.15, 0.2) is 0 Å². The van der Waals surface area contributed by atoms with Crippen LogP contribution >= 0.6 is 0 Å². The second-order valence-corrected chi connectivity index (χ2v) is 5.05. The van der Waals surface area contributed by atoms with Gasteiger partial charge in [-0.3, -0.25) is 0 Å². The number of hydrogen-bond donors (Lipinski definition) is 1. The van der Waals surface area contributed by atoms with Crippen LogP contribution in [0.5, 0.6) is 0 Å². The van der Waals surface area contributed by atoms with Gasteiger partial charge in [0.05, 0.1) is 12.2 Å². The largest absolute Gasteiger partial charge is 0.371 e. The number of hydrogen-bond acceptors (Lipinski definition) is 7. The maximum absolute atomic E-state index is 5.80. The highest BCUT2D eigenvalue weighted by Gasteiger charge is 2.35. The lowest BCUT2D eigenvalue weighted by molar-refractivity contribution is 0.0299. The summed E-state index contributed by atoms with van der Waals surface area (Å²) in [6, 6.07) is 0. The summed E-state index contributed by atoms with van der Waals surface area (Å²) >= 11 is 0. The van der Waals surface area contributed by atoms with Gasteiger partial charge in [-0.05, 0) is 12.8 Å². The van der Waals surface area contributed by atoms with E-state index in [4.69, 9.17) is 10.5 Å². The van der Waals surface area contributed by atoms with Crippen molar-refractivity contribution in [2.75, 3.05) is 42.7 Å². The third kappa shape index (κ3) is 2.05. The summed E-state index contributed by atoms with van der Waals surface area (Å²) in [5.74, 6) is 1.52. The lowest BCUT2D eigenvalue weighted by Gasteiger charge is -2.32. The molecular formula is C11H18N6O. The van der Waals surface area contributed by atoms with E-state index >= 15 is 0 Å². The zero-order valence-electron chi connectivity index (χ0n) is 10.7. The molecule has 0 amide bonds. The molecule has 18 heavy (non-hydrogen) atoms. The Hall–Kier alpha value is -1.63. The molecule has 2 aliphatic rings. The number of anilines is 3. The van der Waals surface area contributed by atoms with Gasteiger partial charge in [-0.1, -0.05) is 0 Å². The van der Waals surface area contributed by atoms with E-state index in [1.54, 1.807) is 0 Å². The minimum atomic E-state index is 0.266. The molecular weight excluding hydrogens is 232 g/mol. The Morgan fingerprint density at radius 3 is 2.44 bits per heavy atom. The van der Waals surface area contributed by atoms with Crippen LogP contribution in [0.3, 0.4) is 0 Å². The first-order chi connectivity index (χ1) is 8.61. The number of aromatic nitrogens is 3. The van der Waals surface area contributed by atoms with E-state index in [2.05, 4.69) is 19.9 Å². The third-order valence-corrected chi connectivity index (χ3v) is 3.36. The molecule has 0 saturated carbocycles. The molecule has 2 N–H and O–H groups in total. The lowest BCUT2D eigenvalue weighted by atomic mass is 10.2. The molecule has 0 spiro atoms. The molecule has 2 aliphatic heterocycles. The van der Waals surface area contributed by atoms with E-state index in [1.165, 1.54) is 0 Å². The zero-order chi connectivity index (χ0) is 12.7. The lowest BCUT2D eigenvalue weighted by Crippen LogP contribution is -2.43. The molecule has 7 nitrogen and oxygen atoms in total. The second-order valence-electron chi connectivity index (χ2n) is 5.05. The molecule has 3 heterocycles. The van der Waals surface area contributed by atoms with E-state index in [0.717, 1.165) is 25.9 Å². The van der Waals surface area contributed by atoms with Crippen molar-refractivity contribution in [1.82, 2.24) is 15.0 Å². The molecule has 0 radical (unpaired) electrons. The predicted octanol–water partition coefficient (Wildman–Crippen LogP) is -0.113. The third-order valence-electron chi connectivity index (χ3n) is 3.36. The minimum absolute atomic E-state index is 0.266. The molecule has 2 saturated heterocycles. The van der Waals surface area contributed by atoms with Crippen molar-refractivity contribution in [2.45, 2.75) is 25.0 Å². The van der Waals surface area contributed by atoms with Gasteiger partial charge < -0.3 is 20.3 Å². The van der Waals surface area contributed by atoms with Crippen molar-refractivity contribution in [1.29, 1.82) is 0 Å². The summed E-state index contributed by atoms with van der Waals surface area (Å²) in [5, 5.41) is 0. The zero-order valence-corrected chi connectivity index (χ0v) is 10.7. The molecule has 7 heteroatoms. The molecule has 1 aromatic rings. The first-order valence-electron chi connectivity index (χ1n) is 6.21. The Balaban J connectivity index is 1.87. The van der Waals surface area contributed by atoms with E-state index in [-0.39, 0.29) is 5.95 Å². The molecule has 2 fully saturated rings.